The largest absolute Gasteiger partial charge is 0.273 e. The summed E-state index contributed by atoms with van der Waals surface area (Å²) >= 11 is 0. The summed E-state index contributed by atoms with van der Waals surface area (Å²) in [5.74, 6) is 0. The Hall–Kier alpha value is -0.790. The molecule has 0 spiro atoms. The standard InChI is InChI=1S/C11H22N2/c1-7-8-13(12-6)9-10(2)11(3,4)5/h9H,6-8H2,1-5H3/b10-9+. The van der Waals surface area contributed by atoms with Crippen LogP contribution in [0.3, 0.4) is 0 Å². The summed E-state index contributed by atoms with van der Waals surface area (Å²) in [7, 11) is 0. The van der Waals surface area contributed by atoms with E-state index in [0.717, 1.165) is 13.0 Å². The molecule has 2 heteroatoms. The van der Waals surface area contributed by atoms with Gasteiger partial charge in [0, 0.05) is 19.5 Å². The zero-order chi connectivity index (χ0) is 10.5. The summed E-state index contributed by atoms with van der Waals surface area (Å²) in [6.07, 6.45) is 3.17. The van der Waals surface area contributed by atoms with Gasteiger partial charge in [0.15, 0.2) is 0 Å². The Morgan fingerprint density at radius 1 is 1.46 bits per heavy atom. The Kier molecular flexibility index (Phi) is 4.74. The van der Waals surface area contributed by atoms with E-state index >= 15 is 0 Å². The second-order valence-corrected chi connectivity index (χ2v) is 4.37. The van der Waals surface area contributed by atoms with E-state index in [2.05, 4.69) is 52.6 Å². The maximum atomic E-state index is 3.94. The van der Waals surface area contributed by atoms with Crippen molar-refractivity contribution < 1.29 is 0 Å². The third-order valence-corrected chi connectivity index (χ3v) is 2.16. The first-order valence-corrected chi connectivity index (χ1v) is 4.84. The summed E-state index contributed by atoms with van der Waals surface area (Å²) in [4.78, 5) is 0. The van der Waals surface area contributed by atoms with Gasteiger partial charge in [-0.05, 0) is 18.8 Å². The van der Waals surface area contributed by atoms with Gasteiger partial charge in [0.25, 0.3) is 0 Å². The van der Waals surface area contributed by atoms with E-state index in [4.69, 9.17) is 0 Å². The molecule has 0 fully saturated rings. The van der Waals surface area contributed by atoms with Gasteiger partial charge in [0.2, 0.25) is 0 Å². The number of nitrogens with zero attached hydrogens (tertiary/aromatic N) is 2. The first-order chi connectivity index (χ1) is 5.91. The van der Waals surface area contributed by atoms with E-state index in [9.17, 15) is 0 Å². The lowest BCUT2D eigenvalue weighted by molar-refractivity contribution is 0.383. The van der Waals surface area contributed by atoms with Gasteiger partial charge in [0.05, 0.1) is 0 Å². The van der Waals surface area contributed by atoms with Crippen LogP contribution in [0.2, 0.25) is 0 Å². The van der Waals surface area contributed by atoms with Gasteiger partial charge in [-0.1, -0.05) is 33.3 Å². The van der Waals surface area contributed by atoms with Crippen molar-refractivity contribution in [3.8, 4) is 0 Å². The fourth-order valence-corrected chi connectivity index (χ4v) is 0.822. The molecule has 0 saturated heterocycles. The molecule has 0 N–H and O–H groups in total. The molecule has 0 rings (SSSR count). The highest BCUT2D eigenvalue weighted by Gasteiger charge is 2.13. The zero-order valence-corrected chi connectivity index (χ0v) is 9.59. The summed E-state index contributed by atoms with van der Waals surface area (Å²) in [6, 6.07) is 0. The van der Waals surface area contributed by atoms with Gasteiger partial charge in [-0.3, -0.25) is 5.01 Å². The molecule has 0 aromatic heterocycles. The fourth-order valence-electron chi connectivity index (χ4n) is 0.822. The smallest absolute Gasteiger partial charge is 0.0406 e. The quantitative estimate of drug-likeness (QED) is 0.481. The van der Waals surface area contributed by atoms with Crippen LogP contribution in [0, 0.1) is 5.41 Å². The molecule has 0 unspecified atom stereocenters. The van der Waals surface area contributed by atoms with Gasteiger partial charge in [-0.2, -0.15) is 5.10 Å². The molecule has 0 aromatic rings. The van der Waals surface area contributed by atoms with Crippen LogP contribution in [0.4, 0.5) is 0 Å². The molecule has 0 aliphatic rings. The predicted molar refractivity (Wildman–Crippen MR) is 59.8 cm³/mol. The molecule has 0 aliphatic heterocycles. The van der Waals surface area contributed by atoms with Crippen LogP contribution in [-0.2, 0) is 0 Å². The van der Waals surface area contributed by atoms with Crippen LogP contribution in [0.5, 0.6) is 0 Å². The minimum atomic E-state index is 0.219. The summed E-state index contributed by atoms with van der Waals surface area (Å²) in [6.45, 7) is 15.4. The number of hydrogen-bond donors (Lipinski definition) is 0. The van der Waals surface area contributed by atoms with Gasteiger partial charge >= 0.3 is 0 Å². The maximum Gasteiger partial charge on any atom is 0.0406 e. The second-order valence-electron chi connectivity index (χ2n) is 4.37. The Morgan fingerprint density at radius 3 is 2.31 bits per heavy atom. The average molecular weight is 182 g/mol. The summed E-state index contributed by atoms with van der Waals surface area (Å²) in [5.41, 5.74) is 1.55. The molecular formula is C11H22N2. The Morgan fingerprint density at radius 2 is 2.00 bits per heavy atom. The lowest BCUT2D eigenvalue weighted by atomic mass is 9.88. The molecule has 0 amide bonds. The molecule has 0 saturated carbocycles. The zero-order valence-electron chi connectivity index (χ0n) is 9.59. The number of allylic oxidation sites excluding steroid dienone is 1. The molecule has 0 radical (unpaired) electrons. The highest BCUT2D eigenvalue weighted by Crippen LogP contribution is 2.24. The topological polar surface area (TPSA) is 15.6 Å². The summed E-state index contributed by atoms with van der Waals surface area (Å²) < 4.78 is 0. The molecule has 0 aromatic carbocycles. The van der Waals surface area contributed by atoms with Crippen molar-refractivity contribution in [2.24, 2.45) is 10.5 Å². The van der Waals surface area contributed by atoms with E-state index in [0.29, 0.717) is 0 Å². The van der Waals surface area contributed by atoms with Crippen molar-refractivity contribution in [2.75, 3.05) is 6.54 Å². The monoisotopic (exact) mass is 182 g/mol. The van der Waals surface area contributed by atoms with Crippen molar-refractivity contribution in [3.63, 3.8) is 0 Å². The van der Waals surface area contributed by atoms with E-state index in [1.807, 2.05) is 5.01 Å². The van der Waals surface area contributed by atoms with Crippen molar-refractivity contribution in [2.45, 2.75) is 41.0 Å². The van der Waals surface area contributed by atoms with Crippen molar-refractivity contribution in [1.82, 2.24) is 5.01 Å². The molecule has 0 atom stereocenters. The fraction of sp³-hybridized carbons (Fsp3) is 0.727. The Balaban J connectivity index is 4.41. The van der Waals surface area contributed by atoms with Crippen LogP contribution >= 0.6 is 0 Å². The number of hydrazone groups is 1. The van der Waals surface area contributed by atoms with Crippen LogP contribution < -0.4 is 0 Å². The normalized spacial score (nSPS) is 12.8. The highest BCUT2D eigenvalue weighted by molar-refractivity contribution is 5.23. The van der Waals surface area contributed by atoms with Crippen molar-refractivity contribution in [1.29, 1.82) is 0 Å². The van der Waals surface area contributed by atoms with Crippen molar-refractivity contribution in [3.05, 3.63) is 11.8 Å². The minimum absolute atomic E-state index is 0.219. The van der Waals surface area contributed by atoms with Gasteiger partial charge in [0.1, 0.15) is 0 Å². The highest BCUT2D eigenvalue weighted by atomic mass is 15.4. The molecule has 13 heavy (non-hydrogen) atoms. The van der Waals surface area contributed by atoms with E-state index in [1.165, 1.54) is 5.57 Å². The SMILES string of the molecule is C=NN(/C=C(\C)C(C)(C)C)CCC. The molecule has 76 valence electrons. The molecular weight excluding hydrogens is 160 g/mol. The summed E-state index contributed by atoms with van der Waals surface area (Å²) in [5, 5.41) is 5.84. The molecule has 0 heterocycles. The molecule has 0 aliphatic carbocycles. The third-order valence-electron chi connectivity index (χ3n) is 2.16. The third kappa shape index (κ3) is 4.71. The van der Waals surface area contributed by atoms with Gasteiger partial charge < -0.3 is 0 Å². The second kappa shape index (κ2) is 5.05. The average Bonchev–Trinajstić information content (AvgIpc) is 2.01. The van der Waals surface area contributed by atoms with Gasteiger partial charge in [-0.25, -0.2) is 0 Å². The van der Waals surface area contributed by atoms with Crippen molar-refractivity contribution >= 4 is 6.72 Å². The molecule has 0 bridgehead atoms. The molecule has 2 nitrogen and oxygen atoms in total. The Bertz CT molecular complexity index is 187. The van der Waals surface area contributed by atoms with E-state index in [-0.39, 0.29) is 5.41 Å². The van der Waals surface area contributed by atoms with Gasteiger partial charge in [-0.15, -0.1) is 0 Å². The van der Waals surface area contributed by atoms with E-state index in [1.54, 1.807) is 0 Å². The number of rotatable bonds is 4. The van der Waals surface area contributed by atoms with Crippen LogP contribution in [0.1, 0.15) is 41.0 Å². The lowest BCUT2D eigenvalue weighted by Crippen LogP contribution is -2.15. The first-order valence-electron chi connectivity index (χ1n) is 4.84. The van der Waals surface area contributed by atoms with E-state index < -0.39 is 0 Å². The Labute approximate surface area is 82.3 Å². The minimum Gasteiger partial charge on any atom is -0.273 e. The maximum absolute atomic E-state index is 3.94. The van der Waals surface area contributed by atoms with Crippen LogP contribution in [-0.4, -0.2) is 18.3 Å². The predicted octanol–water partition coefficient (Wildman–Crippen LogP) is 3.26. The number of hydrogen-bond acceptors (Lipinski definition) is 2. The first kappa shape index (κ1) is 12.2. The van der Waals surface area contributed by atoms with Crippen LogP contribution in [0.15, 0.2) is 16.9 Å². The van der Waals surface area contributed by atoms with Crippen LogP contribution in [0.25, 0.3) is 0 Å². The lowest BCUT2D eigenvalue weighted by Gasteiger charge is -2.22.